The van der Waals surface area contributed by atoms with E-state index in [1.54, 1.807) is 13.8 Å². The molecule has 1 aliphatic carbocycles. The first-order chi connectivity index (χ1) is 13.3. The number of nitrogens with zero attached hydrogens (tertiary/aromatic N) is 1. The van der Waals surface area contributed by atoms with E-state index in [1.165, 1.54) is 22.7 Å². The van der Waals surface area contributed by atoms with Gasteiger partial charge in [0.2, 0.25) is 10.0 Å². The molecule has 2 heterocycles. The van der Waals surface area contributed by atoms with Crippen LogP contribution in [-0.4, -0.2) is 55.6 Å². The molecule has 1 fully saturated rings. The van der Waals surface area contributed by atoms with Crippen LogP contribution in [0.5, 0.6) is 0 Å². The highest BCUT2D eigenvalue weighted by molar-refractivity contribution is 7.89. The first kappa shape index (κ1) is 21.0. The Kier molecular flexibility index (Phi) is 6.29. The molecule has 1 amide bonds. The lowest BCUT2D eigenvalue weighted by Crippen LogP contribution is -2.50. The highest BCUT2D eigenvalue weighted by Crippen LogP contribution is 2.41. The number of ether oxygens (including phenoxy) is 1. The second kappa shape index (κ2) is 8.37. The average Bonchev–Trinajstić information content (AvgIpc) is 2.92. The van der Waals surface area contributed by atoms with Crippen LogP contribution in [0.1, 0.15) is 58.8 Å². The molecule has 156 valence electrons. The van der Waals surface area contributed by atoms with Gasteiger partial charge in [0.05, 0.1) is 11.3 Å². The number of sulfonamides is 1. The van der Waals surface area contributed by atoms with E-state index in [4.69, 9.17) is 4.74 Å². The van der Waals surface area contributed by atoms with Crippen molar-refractivity contribution in [3.8, 4) is 0 Å². The zero-order chi connectivity index (χ0) is 20.4. The Morgan fingerprint density at radius 3 is 2.61 bits per heavy atom. The van der Waals surface area contributed by atoms with E-state index >= 15 is 0 Å². The predicted octanol–water partition coefficient (Wildman–Crippen LogP) is 2.05. The fourth-order valence-electron chi connectivity index (χ4n) is 4.34. The van der Waals surface area contributed by atoms with Crippen LogP contribution < -0.4 is 5.32 Å². The number of esters is 1. The number of piperidine rings is 1. The van der Waals surface area contributed by atoms with Crippen LogP contribution in [0, 0.1) is 0 Å². The van der Waals surface area contributed by atoms with Gasteiger partial charge in [0.1, 0.15) is 5.60 Å². The molecular weight excluding hydrogens is 380 g/mol. The molecule has 0 aromatic heterocycles. The highest BCUT2D eigenvalue weighted by Gasteiger charge is 2.51. The third-order valence-corrected chi connectivity index (χ3v) is 7.94. The number of hydrogen-bond acceptors (Lipinski definition) is 5. The van der Waals surface area contributed by atoms with Gasteiger partial charge < -0.3 is 10.1 Å². The topological polar surface area (TPSA) is 92.8 Å². The van der Waals surface area contributed by atoms with Gasteiger partial charge in [-0.25, -0.2) is 17.5 Å². The Hall–Kier alpha value is -1.67. The Morgan fingerprint density at radius 1 is 1.29 bits per heavy atom. The number of amides is 1. The van der Waals surface area contributed by atoms with Gasteiger partial charge in [-0.3, -0.25) is 4.79 Å². The summed E-state index contributed by atoms with van der Waals surface area (Å²) in [7, 11) is -3.29. The lowest BCUT2D eigenvalue weighted by molar-refractivity contribution is -0.150. The molecule has 0 unspecified atom stereocenters. The molecular formula is C20H30N2O5S. The zero-order valence-electron chi connectivity index (χ0n) is 16.8. The normalized spacial score (nSPS) is 22.9. The number of carbonyl (C=O) groups is 2. The Balaban J connectivity index is 1.67. The third-order valence-electron chi connectivity index (χ3n) is 6.06. The standard InChI is InChI=1S/C20H30N2O5S/c1-3-28(25,26)22-13-10-20(11-14-22)17(15(2)19(24)27-20)18(23)21-12-9-16-7-5-4-6-8-16/h7H,3-6,8-14H2,1-2H3,(H,21,23). The van der Waals surface area contributed by atoms with E-state index in [9.17, 15) is 18.0 Å². The maximum Gasteiger partial charge on any atom is 0.335 e. The summed E-state index contributed by atoms with van der Waals surface area (Å²) in [4.78, 5) is 25.1. The van der Waals surface area contributed by atoms with Crippen LogP contribution in [0.15, 0.2) is 22.8 Å². The summed E-state index contributed by atoms with van der Waals surface area (Å²) >= 11 is 0. The van der Waals surface area contributed by atoms with E-state index in [0.717, 1.165) is 19.3 Å². The van der Waals surface area contributed by atoms with Gasteiger partial charge in [0, 0.05) is 38.0 Å². The maximum absolute atomic E-state index is 12.9. The minimum absolute atomic E-state index is 0.0395. The van der Waals surface area contributed by atoms with Crippen molar-refractivity contribution in [3.63, 3.8) is 0 Å². The summed E-state index contributed by atoms with van der Waals surface area (Å²) in [6.07, 6.45) is 8.32. The van der Waals surface area contributed by atoms with Crippen LogP contribution in [-0.2, 0) is 24.3 Å². The van der Waals surface area contributed by atoms with Crippen molar-refractivity contribution in [3.05, 3.63) is 22.8 Å². The minimum atomic E-state index is -3.29. The molecule has 0 bridgehead atoms. The summed E-state index contributed by atoms with van der Waals surface area (Å²) in [6, 6.07) is 0. The van der Waals surface area contributed by atoms with Crippen molar-refractivity contribution < 1.29 is 22.7 Å². The molecule has 0 radical (unpaired) electrons. The molecule has 0 atom stereocenters. The highest BCUT2D eigenvalue weighted by atomic mass is 32.2. The molecule has 1 spiro atoms. The van der Waals surface area contributed by atoms with Crippen LogP contribution in [0.2, 0.25) is 0 Å². The monoisotopic (exact) mass is 410 g/mol. The Labute approximate surface area is 167 Å². The van der Waals surface area contributed by atoms with Crippen molar-refractivity contribution >= 4 is 21.9 Å². The number of rotatable bonds is 6. The molecule has 2 aliphatic heterocycles. The summed E-state index contributed by atoms with van der Waals surface area (Å²) in [5.74, 6) is -0.712. The summed E-state index contributed by atoms with van der Waals surface area (Å²) < 4.78 is 31.3. The molecule has 28 heavy (non-hydrogen) atoms. The van der Waals surface area contributed by atoms with E-state index in [-0.39, 0.29) is 24.7 Å². The summed E-state index contributed by atoms with van der Waals surface area (Å²) in [5, 5.41) is 2.95. The smallest absolute Gasteiger partial charge is 0.335 e. The molecule has 8 heteroatoms. The van der Waals surface area contributed by atoms with Crippen molar-refractivity contribution in [2.75, 3.05) is 25.4 Å². The molecule has 1 saturated heterocycles. The van der Waals surface area contributed by atoms with Gasteiger partial charge in [0.15, 0.2) is 0 Å². The summed E-state index contributed by atoms with van der Waals surface area (Å²) in [6.45, 7) is 4.26. The lowest BCUT2D eigenvalue weighted by atomic mass is 9.83. The van der Waals surface area contributed by atoms with Gasteiger partial charge in [-0.2, -0.15) is 0 Å². The van der Waals surface area contributed by atoms with E-state index < -0.39 is 21.6 Å². The van der Waals surface area contributed by atoms with E-state index in [2.05, 4.69) is 11.4 Å². The van der Waals surface area contributed by atoms with Crippen molar-refractivity contribution in [1.82, 2.24) is 9.62 Å². The second-order valence-electron chi connectivity index (χ2n) is 7.80. The Morgan fingerprint density at radius 2 is 2.00 bits per heavy atom. The number of nitrogens with one attached hydrogen (secondary N) is 1. The second-order valence-corrected chi connectivity index (χ2v) is 10.1. The van der Waals surface area contributed by atoms with Gasteiger partial charge in [0.25, 0.3) is 5.91 Å². The number of carbonyl (C=O) groups excluding carboxylic acids is 2. The SMILES string of the molecule is CCS(=O)(=O)N1CCC2(CC1)OC(=O)C(C)=C2C(=O)NCCC1=CCCCC1. The van der Waals surface area contributed by atoms with Crippen LogP contribution >= 0.6 is 0 Å². The molecule has 0 aromatic carbocycles. The lowest BCUT2D eigenvalue weighted by Gasteiger charge is -2.38. The van der Waals surface area contributed by atoms with Gasteiger partial charge in [-0.1, -0.05) is 11.6 Å². The van der Waals surface area contributed by atoms with E-state index in [0.29, 0.717) is 30.5 Å². The average molecular weight is 411 g/mol. The van der Waals surface area contributed by atoms with Gasteiger partial charge in [-0.05, 0) is 46.0 Å². The Bertz CT molecular complexity index is 804. The zero-order valence-corrected chi connectivity index (χ0v) is 17.6. The first-order valence-corrected chi connectivity index (χ1v) is 11.8. The van der Waals surface area contributed by atoms with Crippen LogP contribution in [0.25, 0.3) is 0 Å². The van der Waals surface area contributed by atoms with Gasteiger partial charge >= 0.3 is 5.97 Å². The van der Waals surface area contributed by atoms with Crippen molar-refractivity contribution in [2.45, 2.75) is 64.4 Å². The van der Waals surface area contributed by atoms with Crippen LogP contribution in [0.3, 0.4) is 0 Å². The molecule has 0 aromatic rings. The maximum atomic E-state index is 12.9. The molecule has 3 aliphatic rings. The molecule has 3 rings (SSSR count). The predicted molar refractivity (Wildman–Crippen MR) is 106 cm³/mol. The minimum Gasteiger partial charge on any atom is -0.450 e. The van der Waals surface area contributed by atoms with Gasteiger partial charge in [-0.15, -0.1) is 0 Å². The summed E-state index contributed by atoms with van der Waals surface area (Å²) in [5.41, 5.74) is 1.09. The van der Waals surface area contributed by atoms with Crippen LogP contribution in [0.4, 0.5) is 0 Å². The van der Waals surface area contributed by atoms with E-state index in [1.807, 2.05) is 0 Å². The van der Waals surface area contributed by atoms with Crippen molar-refractivity contribution in [2.24, 2.45) is 0 Å². The fraction of sp³-hybridized carbons (Fsp3) is 0.700. The molecule has 7 nitrogen and oxygen atoms in total. The first-order valence-electron chi connectivity index (χ1n) is 10.2. The fourth-order valence-corrected chi connectivity index (χ4v) is 5.45. The van der Waals surface area contributed by atoms with Crippen molar-refractivity contribution in [1.29, 1.82) is 0 Å². The number of allylic oxidation sites excluding steroid dienone is 1. The largest absolute Gasteiger partial charge is 0.450 e. The number of hydrogen-bond donors (Lipinski definition) is 1. The molecule has 1 N–H and O–H groups in total. The quantitative estimate of drug-likeness (QED) is 0.534. The third kappa shape index (κ3) is 4.17. The molecule has 0 saturated carbocycles.